The summed E-state index contributed by atoms with van der Waals surface area (Å²) < 4.78 is 6.96. The van der Waals surface area contributed by atoms with Gasteiger partial charge >= 0.3 is 0 Å². The van der Waals surface area contributed by atoms with Crippen molar-refractivity contribution in [3.63, 3.8) is 0 Å². The SMILES string of the molecule is Cc1cccc(OCC(=O)NCc2nn(Cc3cccnc3)c(=O)c3ccccc23)c1. The number of aromatic nitrogens is 3. The molecule has 0 aliphatic heterocycles. The number of aryl methyl sites for hydroxylation is 1. The van der Waals surface area contributed by atoms with E-state index in [4.69, 9.17) is 4.74 Å². The maximum atomic E-state index is 12.9. The molecule has 7 nitrogen and oxygen atoms in total. The number of carbonyl (C=O) groups excluding carboxylic acids is 1. The zero-order valence-electron chi connectivity index (χ0n) is 17.1. The van der Waals surface area contributed by atoms with Crippen LogP contribution in [0, 0.1) is 6.92 Å². The molecule has 0 saturated heterocycles. The molecule has 31 heavy (non-hydrogen) atoms. The molecular weight excluding hydrogens is 392 g/mol. The van der Waals surface area contributed by atoms with E-state index < -0.39 is 0 Å². The predicted molar refractivity (Wildman–Crippen MR) is 118 cm³/mol. The van der Waals surface area contributed by atoms with Gasteiger partial charge in [0, 0.05) is 17.8 Å². The molecule has 0 aliphatic rings. The Hall–Kier alpha value is -4.00. The lowest BCUT2D eigenvalue weighted by Gasteiger charge is -2.12. The number of ether oxygens (including phenoxy) is 1. The minimum absolute atomic E-state index is 0.100. The molecule has 0 bridgehead atoms. The van der Waals surface area contributed by atoms with E-state index in [9.17, 15) is 9.59 Å². The summed E-state index contributed by atoms with van der Waals surface area (Å²) in [5.41, 5.74) is 2.36. The average Bonchev–Trinajstić information content (AvgIpc) is 2.79. The zero-order valence-corrected chi connectivity index (χ0v) is 17.1. The quantitative estimate of drug-likeness (QED) is 0.503. The van der Waals surface area contributed by atoms with Crippen molar-refractivity contribution < 1.29 is 9.53 Å². The molecule has 2 aromatic heterocycles. The molecule has 0 aliphatic carbocycles. The van der Waals surface area contributed by atoms with Gasteiger partial charge in [-0.3, -0.25) is 14.6 Å². The summed E-state index contributed by atoms with van der Waals surface area (Å²) in [7, 11) is 0. The van der Waals surface area contributed by atoms with Gasteiger partial charge in [-0.25, -0.2) is 4.68 Å². The van der Waals surface area contributed by atoms with Gasteiger partial charge < -0.3 is 10.1 Å². The summed E-state index contributed by atoms with van der Waals surface area (Å²) in [6, 6.07) is 18.5. The molecule has 156 valence electrons. The zero-order chi connectivity index (χ0) is 21.6. The fourth-order valence-corrected chi connectivity index (χ4v) is 3.29. The highest BCUT2D eigenvalue weighted by molar-refractivity contribution is 5.84. The van der Waals surface area contributed by atoms with Crippen LogP contribution in [0.5, 0.6) is 5.75 Å². The number of amides is 1. The number of nitrogens with one attached hydrogen (secondary N) is 1. The minimum atomic E-state index is -0.266. The van der Waals surface area contributed by atoms with Crippen molar-refractivity contribution in [2.75, 3.05) is 6.61 Å². The smallest absolute Gasteiger partial charge is 0.274 e. The maximum Gasteiger partial charge on any atom is 0.274 e. The third-order valence-electron chi connectivity index (χ3n) is 4.81. The van der Waals surface area contributed by atoms with Crippen LogP contribution in [-0.2, 0) is 17.9 Å². The lowest BCUT2D eigenvalue weighted by Crippen LogP contribution is -2.31. The van der Waals surface area contributed by atoms with Gasteiger partial charge in [-0.2, -0.15) is 5.10 Å². The first-order valence-electron chi connectivity index (χ1n) is 9.94. The lowest BCUT2D eigenvalue weighted by atomic mass is 10.1. The number of benzene rings is 2. The Kier molecular flexibility index (Phi) is 6.03. The van der Waals surface area contributed by atoms with E-state index in [1.54, 1.807) is 18.5 Å². The molecule has 1 N–H and O–H groups in total. The number of hydrogen-bond donors (Lipinski definition) is 1. The Morgan fingerprint density at radius 3 is 2.68 bits per heavy atom. The van der Waals surface area contributed by atoms with Crippen molar-refractivity contribution in [3.05, 3.63) is 100 Å². The maximum absolute atomic E-state index is 12.9. The Bertz CT molecular complexity index is 1270. The molecule has 0 radical (unpaired) electrons. The Morgan fingerprint density at radius 1 is 1.06 bits per heavy atom. The van der Waals surface area contributed by atoms with Crippen molar-refractivity contribution in [2.24, 2.45) is 0 Å². The van der Waals surface area contributed by atoms with Gasteiger partial charge in [-0.05, 0) is 42.3 Å². The van der Waals surface area contributed by atoms with E-state index in [1.165, 1.54) is 4.68 Å². The van der Waals surface area contributed by atoms with Crippen molar-refractivity contribution >= 4 is 16.7 Å². The van der Waals surface area contributed by atoms with Crippen LogP contribution in [0.15, 0.2) is 77.9 Å². The second-order valence-electron chi connectivity index (χ2n) is 7.20. The van der Waals surface area contributed by atoms with Gasteiger partial charge in [0.05, 0.1) is 24.2 Å². The molecule has 1 amide bonds. The average molecular weight is 414 g/mol. The van der Waals surface area contributed by atoms with E-state index in [0.717, 1.165) is 16.5 Å². The van der Waals surface area contributed by atoms with Crippen LogP contribution in [-0.4, -0.2) is 27.3 Å². The monoisotopic (exact) mass is 414 g/mol. The largest absolute Gasteiger partial charge is 0.484 e. The molecule has 2 heterocycles. The number of rotatable bonds is 7. The van der Waals surface area contributed by atoms with E-state index in [-0.39, 0.29) is 24.6 Å². The minimum Gasteiger partial charge on any atom is -0.484 e. The van der Waals surface area contributed by atoms with Crippen molar-refractivity contribution in [3.8, 4) is 5.75 Å². The fourth-order valence-electron chi connectivity index (χ4n) is 3.29. The summed E-state index contributed by atoms with van der Waals surface area (Å²) >= 11 is 0. The molecule has 7 heteroatoms. The van der Waals surface area contributed by atoms with Crippen LogP contribution in [0.4, 0.5) is 0 Å². The summed E-state index contributed by atoms with van der Waals surface area (Å²) in [5, 5.41) is 8.63. The second-order valence-corrected chi connectivity index (χ2v) is 7.20. The van der Waals surface area contributed by atoms with E-state index in [2.05, 4.69) is 15.4 Å². The van der Waals surface area contributed by atoms with Crippen LogP contribution >= 0.6 is 0 Å². The number of fused-ring (bicyclic) bond motifs is 1. The number of pyridine rings is 1. The van der Waals surface area contributed by atoms with Crippen LogP contribution in [0.1, 0.15) is 16.8 Å². The first-order chi connectivity index (χ1) is 15.1. The van der Waals surface area contributed by atoms with Crippen LogP contribution in [0.2, 0.25) is 0 Å². The lowest BCUT2D eigenvalue weighted by molar-refractivity contribution is -0.123. The molecule has 4 rings (SSSR count). The second kappa shape index (κ2) is 9.21. The predicted octanol–water partition coefficient (Wildman–Crippen LogP) is 2.84. The van der Waals surface area contributed by atoms with Crippen LogP contribution < -0.4 is 15.6 Å². The first kappa shape index (κ1) is 20.3. The molecule has 0 fully saturated rings. The molecular formula is C24H22N4O3. The number of carbonyl (C=O) groups is 1. The van der Waals surface area contributed by atoms with Gasteiger partial charge in [-0.15, -0.1) is 0 Å². The Balaban J connectivity index is 1.51. The molecule has 0 spiro atoms. The summed E-state index contributed by atoms with van der Waals surface area (Å²) in [6.07, 6.45) is 3.38. The highest BCUT2D eigenvalue weighted by atomic mass is 16.5. The summed E-state index contributed by atoms with van der Waals surface area (Å²) in [5.74, 6) is 0.376. The highest BCUT2D eigenvalue weighted by Crippen LogP contribution is 2.14. The normalized spacial score (nSPS) is 10.7. The Morgan fingerprint density at radius 2 is 1.90 bits per heavy atom. The first-order valence-corrected chi connectivity index (χ1v) is 9.94. The molecule has 2 aromatic carbocycles. The van der Waals surface area contributed by atoms with Gasteiger partial charge in [-0.1, -0.05) is 36.4 Å². The third kappa shape index (κ3) is 4.95. The molecule has 0 saturated carbocycles. The third-order valence-corrected chi connectivity index (χ3v) is 4.81. The number of nitrogens with zero attached hydrogens (tertiary/aromatic N) is 3. The Labute approximate surface area is 179 Å². The standard InChI is InChI=1S/C24H22N4O3/c1-17-6-4-8-19(12-17)31-16-23(29)26-14-22-20-9-2-3-10-21(20)24(30)28(27-22)15-18-7-5-11-25-13-18/h2-13H,14-16H2,1H3,(H,26,29). The van der Waals surface area contributed by atoms with Crippen LogP contribution in [0.25, 0.3) is 10.8 Å². The van der Waals surface area contributed by atoms with Gasteiger partial charge in [0.2, 0.25) is 0 Å². The van der Waals surface area contributed by atoms with Gasteiger partial charge in [0.1, 0.15) is 5.75 Å². The van der Waals surface area contributed by atoms with E-state index in [1.807, 2.05) is 61.5 Å². The topological polar surface area (TPSA) is 86.1 Å². The van der Waals surface area contributed by atoms with Crippen LogP contribution in [0.3, 0.4) is 0 Å². The number of hydrogen-bond acceptors (Lipinski definition) is 5. The summed E-state index contributed by atoms with van der Waals surface area (Å²) in [6.45, 7) is 2.35. The van der Waals surface area contributed by atoms with E-state index in [0.29, 0.717) is 23.4 Å². The van der Waals surface area contributed by atoms with Gasteiger partial charge in [0.15, 0.2) is 6.61 Å². The molecule has 0 atom stereocenters. The fraction of sp³-hybridized carbons (Fsp3) is 0.167. The molecule has 0 unspecified atom stereocenters. The van der Waals surface area contributed by atoms with Gasteiger partial charge in [0.25, 0.3) is 11.5 Å². The highest BCUT2D eigenvalue weighted by Gasteiger charge is 2.12. The van der Waals surface area contributed by atoms with Crippen molar-refractivity contribution in [1.29, 1.82) is 0 Å². The summed E-state index contributed by atoms with van der Waals surface area (Å²) in [4.78, 5) is 29.3. The molecule has 4 aromatic rings. The van der Waals surface area contributed by atoms with Crippen molar-refractivity contribution in [2.45, 2.75) is 20.0 Å². The van der Waals surface area contributed by atoms with E-state index >= 15 is 0 Å². The van der Waals surface area contributed by atoms with Crippen molar-refractivity contribution in [1.82, 2.24) is 20.1 Å².